The molecule has 0 amide bonds. The second-order valence-electron chi connectivity index (χ2n) is 7.49. The Morgan fingerprint density at radius 2 is 1.57 bits per heavy atom. The van der Waals surface area contributed by atoms with E-state index in [0.29, 0.717) is 9.76 Å². The summed E-state index contributed by atoms with van der Waals surface area (Å²) in [4.78, 5) is 0. The number of hydrogen-bond acceptors (Lipinski definition) is 2. The lowest BCUT2D eigenvalue weighted by Gasteiger charge is -2.30. The van der Waals surface area contributed by atoms with Crippen molar-refractivity contribution in [2.24, 2.45) is 0 Å². The van der Waals surface area contributed by atoms with Crippen LogP contribution in [0.2, 0.25) is 5.04 Å². The molecule has 1 N–H and O–H groups in total. The molecule has 122 valence electrons. The molecule has 0 aromatic heterocycles. The second kappa shape index (κ2) is 6.89. The highest BCUT2D eigenvalue weighted by molar-refractivity contribution is 6.31. The van der Waals surface area contributed by atoms with E-state index >= 15 is 0 Å². The third-order valence-electron chi connectivity index (χ3n) is 3.59. The summed E-state index contributed by atoms with van der Waals surface area (Å²) < 4.78 is 6.20. The lowest BCUT2D eigenvalue weighted by atomic mass is 9.96. The van der Waals surface area contributed by atoms with Gasteiger partial charge in [0.15, 0.2) is 0 Å². The van der Waals surface area contributed by atoms with Crippen LogP contribution in [-0.2, 0) is 10.0 Å². The molecule has 2 radical (unpaired) electrons. The maximum absolute atomic E-state index is 6.20. The van der Waals surface area contributed by atoms with Crippen LogP contribution in [0.15, 0.2) is 48.5 Å². The molecule has 23 heavy (non-hydrogen) atoms. The summed E-state index contributed by atoms with van der Waals surface area (Å²) in [7, 11) is 0.475. The Balaban J connectivity index is 2.15. The highest BCUT2D eigenvalue weighted by atomic mass is 28.2. The fourth-order valence-electron chi connectivity index (χ4n) is 2.19. The smallest absolute Gasteiger partial charge is 0.236 e. The summed E-state index contributed by atoms with van der Waals surface area (Å²) in [6.07, 6.45) is 0. The van der Waals surface area contributed by atoms with Crippen LogP contribution >= 0.6 is 0 Å². The summed E-state index contributed by atoms with van der Waals surface area (Å²) in [6.45, 7) is 13.0. The normalized spacial score (nSPS) is 12.3. The topological polar surface area (TPSA) is 21.3 Å². The third kappa shape index (κ3) is 5.22. The van der Waals surface area contributed by atoms with E-state index in [2.05, 4.69) is 77.2 Å². The van der Waals surface area contributed by atoms with E-state index in [9.17, 15) is 0 Å². The van der Waals surface area contributed by atoms with E-state index in [4.69, 9.17) is 4.43 Å². The quantitative estimate of drug-likeness (QED) is 0.698. The highest BCUT2D eigenvalue weighted by Crippen LogP contribution is 2.32. The predicted molar refractivity (Wildman–Crippen MR) is 100 cm³/mol. The molecular formula is C20H27NOSi. The average molecular weight is 326 g/mol. The van der Waals surface area contributed by atoms with Gasteiger partial charge in [-0.1, -0.05) is 51.1 Å². The maximum atomic E-state index is 6.20. The van der Waals surface area contributed by atoms with Gasteiger partial charge in [-0.3, -0.25) is 0 Å². The van der Waals surface area contributed by atoms with Crippen molar-refractivity contribution in [3.8, 4) is 0 Å². The van der Waals surface area contributed by atoms with Crippen LogP contribution in [0.1, 0.15) is 45.7 Å². The van der Waals surface area contributed by atoms with Crippen molar-refractivity contribution >= 4 is 21.1 Å². The van der Waals surface area contributed by atoms with Crippen molar-refractivity contribution in [2.75, 3.05) is 5.32 Å². The fourth-order valence-corrected chi connectivity index (χ4v) is 2.87. The molecule has 0 aliphatic carbocycles. The van der Waals surface area contributed by atoms with Gasteiger partial charge in [0, 0.05) is 11.4 Å². The lowest BCUT2D eigenvalue weighted by Crippen LogP contribution is -2.27. The first-order valence-corrected chi connectivity index (χ1v) is 8.97. The molecule has 2 aromatic carbocycles. The van der Waals surface area contributed by atoms with Crippen LogP contribution in [0, 0.1) is 6.92 Å². The number of aryl methyl sites for hydroxylation is 1. The van der Waals surface area contributed by atoms with Gasteiger partial charge >= 0.3 is 0 Å². The molecule has 3 heteroatoms. The van der Waals surface area contributed by atoms with Crippen LogP contribution < -0.4 is 5.32 Å². The highest BCUT2D eigenvalue weighted by Gasteiger charge is 2.25. The Labute approximate surface area is 143 Å². The summed E-state index contributed by atoms with van der Waals surface area (Å²) in [5.74, 6) is 0. The van der Waals surface area contributed by atoms with Gasteiger partial charge in [-0.25, -0.2) is 0 Å². The van der Waals surface area contributed by atoms with Gasteiger partial charge in [0.05, 0.1) is 5.60 Å². The lowest BCUT2D eigenvalue weighted by molar-refractivity contribution is 0.109. The molecule has 0 aliphatic heterocycles. The second-order valence-corrected chi connectivity index (χ2v) is 9.39. The first-order valence-electron chi connectivity index (χ1n) is 8.06. The largest absolute Gasteiger partial charge is 0.408 e. The van der Waals surface area contributed by atoms with Gasteiger partial charge in [-0.05, 0) is 55.1 Å². The van der Waals surface area contributed by atoms with Crippen molar-refractivity contribution in [3.05, 3.63) is 59.7 Å². The van der Waals surface area contributed by atoms with Crippen molar-refractivity contribution in [3.63, 3.8) is 0 Å². The average Bonchev–Trinajstić information content (AvgIpc) is 2.48. The SMILES string of the molecule is Cc1cc(C(C)(C)O[Si]C(C)(C)C)ccc1Nc1ccccc1. The zero-order chi connectivity index (χ0) is 17.1. The fraction of sp³-hybridized carbons (Fsp3) is 0.400. The van der Waals surface area contributed by atoms with E-state index in [1.54, 1.807) is 0 Å². The van der Waals surface area contributed by atoms with E-state index in [1.807, 2.05) is 18.2 Å². The number of para-hydroxylation sites is 1. The molecule has 0 saturated carbocycles. The molecule has 0 fully saturated rings. The molecule has 0 atom stereocenters. The molecule has 0 bridgehead atoms. The number of rotatable bonds is 5. The predicted octanol–water partition coefficient (Wildman–Crippen LogP) is 5.83. The first kappa shape index (κ1) is 17.8. The monoisotopic (exact) mass is 325 g/mol. The first-order chi connectivity index (χ1) is 10.7. The maximum Gasteiger partial charge on any atom is 0.236 e. The molecule has 2 rings (SSSR count). The van der Waals surface area contributed by atoms with Crippen LogP contribution in [0.4, 0.5) is 11.4 Å². The van der Waals surface area contributed by atoms with Gasteiger partial charge in [-0.2, -0.15) is 0 Å². The Morgan fingerprint density at radius 1 is 0.913 bits per heavy atom. The molecular weight excluding hydrogens is 298 g/mol. The number of hydrogen-bond donors (Lipinski definition) is 1. The van der Waals surface area contributed by atoms with Gasteiger partial charge in [0.2, 0.25) is 9.76 Å². The summed E-state index contributed by atoms with van der Waals surface area (Å²) in [6, 6.07) is 16.8. The zero-order valence-electron chi connectivity index (χ0n) is 15.0. The van der Waals surface area contributed by atoms with E-state index in [0.717, 1.165) is 11.4 Å². The molecule has 2 aromatic rings. The molecule has 0 heterocycles. The van der Waals surface area contributed by atoms with Crippen LogP contribution in [-0.4, -0.2) is 9.76 Å². The van der Waals surface area contributed by atoms with Crippen molar-refractivity contribution in [2.45, 2.75) is 52.2 Å². The van der Waals surface area contributed by atoms with Gasteiger partial charge in [0.1, 0.15) is 0 Å². The molecule has 0 aliphatic rings. The van der Waals surface area contributed by atoms with Gasteiger partial charge in [-0.15, -0.1) is 0 Å². The van der Waals surface area contributed by atoms with Crippen LogP contribution in [0.25, 0.3) is 0 Å². The molecule has 2 nitrogen and oxygen atoms in total. The van der Waals surface area contributed by atoms with Crippen LogP contribution in [0.5, 0.6) is 0 Å². The Morgan fingerprint density at radius 3 is 2.13 bits per heavy atom. The number of benzene rings is 2. The molecule has 0 unspecified atom stereocenters. The molecule has 0 saturated heterocycles. The van der Waals surface area contributed by atoms with Crippen molar-refractivity contribution in [1.82, 2.24) is 0 Å². The minimum Gasteiger partial charge on any atom is -0.408 e. The van der Waals surface area contributed by atoms with Gasteiger partial charge < -0.3 is 9.74 Å². The standard InChI is InChI=1S/C20H27NOSi/c1-15-14-16(20(5,6)22-23-19(2,3)4)12-13-18(15)21-17-10-8-7-9-11-17/h7-14,21H,1-6H3. The number of nitrogens with one attached hydrogen (secondary N) is 1. The minimum absolute atomic E-state index is 0.196. The van der Waals surface area contributed by atoms with E-state index in [1.165, 1.54) is 11.1 Å². The number of anilines is 2. The Kier molecular flexibility index (Phi) is 5.32. The van der Waals surface area contributed by atoms with Crippen molar-refractivity contribution in [1.29, 1.82) is 0 Å². The summed E-state index contributed by atoms with van der Waals surface area (Å²) in [5.41, 5.74) is 4.40. The Hall–Kier alpha value is -1.58. The zero-order valence-corrected chi connectivity index (χ0v) is 16.0. The summed E-state index contributed by atoms with van der Waals surface area (Å²) >= 11 is 0. The minimum atomic E-state index is -0.276. The van der Waals surface area contributed by atoms with Crippen LogP contribution in [0.3, 0.4) is 0 Å². The third-order valence-corrected chi connectivity index (χ3v) is 4.81. The molecule has 0 spiro atoms. The van der Waals surface area contributed by atoms with E-state index < -0.39 is 0 Å². The van der Waals surface area contributed by atoms with Crippen molar-refractivity contribution < 1.29 is 4.43 Å². The van der Waals surface area contributed by atoms with Gasteiger partial charge in [0.25, 0.3) is 0 Å². The Bertz CT molecular complexity index is 644. The summed E-state index contributed by atoms with van der Waals surface area (Å²) in [5, 5.41) is 3.66. The van der Waals surface area contributed by atoms with E-state index in [-0.39, 0.29) is 10.6 Å².